The Morgan fingerprint density at radius 1 is 0.960 bits per heavy atom. The van der Waals surface area contributed by atoms with E-state index < -0.39 is 0 Å². The molecule has 0 fully saturated rings. The molecule has 1 aromatic rings. The second-order valence-corrected chi connectivity index (χ2v) is 6.31. The van der Waals surface area contributed by atoms with Crippen molar-refractivity contribution in [3.63, 3.8) is 0 Å². The van der Waals surface area contributed by atoms with Crippen LogP contribution in [0.4, 0.5) is 5.69 Å². The molecule has 0 spiro atoms. The van der Waals surface area contributed by atoms with Crippen molar-refractivity contribution in [3.05, 3.63) is 109 Å². The third-order valence-electron chi connectivity index (χ3n) is 4.45. The molecule has 2 unspecified atom stereocenters. The van der Waals surface area contributed by atoms with E-state index >= 15 is 0 Å². The maximum Gasteiger partial charge on any atom is 0.0482 e. The Kier molecular flexibility index (Phi) is 6.06. The Labute approximate surface area is 151 Å². The van der Waals surface area contributed by atoms with Gasteiger partial charge in [0.1, 0.15) is 0 Å². The Bertz CT molecular complexity index is 754. The lowest BCUT2D eigenvalue weighted by Gasteiger charge is -2.22. The molecule has 2 atom stereocenters. The van der Waals surface area contributed by atoms with Crippen LogP contribution in [0.2, 0.25) is 0 Å². The summed E-state index contributed by atoms with van der Waals surface area (Å²) < 4.78 is 0. The van der Waals surface area contributed by atoms with Gasteiger partial charge < -0.3 is 5.32 Å². The lowest BCUT2D eigenvalue weighted by molar-refractivity contribution is 0.757. The number of hydrogen-bond donors (Lipinski definition) is 1. The number of nitrogens with one attached hydrogen (secondary N) is 1. The first kappa shape index (κ1) is 17.0. The molecule has 0 aliphatic heterocycles. The summed E-state index contributed by atoms with van der Waals surface area (Å²) in [4.78, 5) is 0. The Morgan fingerprint density at radius 2 is 1.84 bits per heavy atom. The van der Waals surface area contributed by atoms with Gasteiger partial charge in [-0.3, -0.25) is 0 Å². The van der Waals surface area contributed by atoms with Gasteiger partial charge in [-0.05, 0) is 36.1 Å². The average Bonchev–Trinajstić information content (AvgIpc) is 2.68. The zero-order chi connectivity index (χ0) is 17.3. The highest BCUT2D eigenvalue weighted by atomic mass is 14.9. The highest BCUT2D eigenvalue weighted by Gasteiger charge is 2.14. The number of anilines is 1. The molecule has 0 radical (unpaired) electrons. The maximum absolute atomic E-state index is 3.66. The summed E-state index contributed by atoms with van der Waals surface area (Å²) in [5, 5.41) is 3.59. The summed E-state index contributed by atoms with van der Waals surface area (Å²) in [7, 11) is 0. The molecule has 1 nitrogen and oxygen atoms in total. The van der Waals surface area contributed by atoms with E-state index in [1.165, 1.54) is 11.1 Å². The topological polar surface area (TPSA) is 12.0 Å². The molecule has 25 heavy (non-hydrogen) atoms. The van der Waals surface area contributed by atoms with Crippen LogP contribution < -0.4 is 5.32 Å². The zero-order valence-electron chi connectivity index (χ0n) is 14.5. The normalized spacial score (nSPS) is 22.5. The molecule has 1 aromatic carbocycles. The van der Waals surface area contributed by atoms with E-state index in [9.17, 15) is 0 Å². The maximum atomic E-state index is 3.66. The minimum atomic E-state index is 0.365. The first-order valence-corrected chi connectivity index (χ1v) is 8.89. The van der Waals surface area contributed by atoms with Crippen molar-refractivity contribution in [2.24, 2.45) is 5.92 Å². The number of rotatable bonds is 6. The van der Waals surface area contributed by atoms with Crippen LogP contribution in [0.25, 0.3) is 6.08 Å². The van der Waals surface area contributed by atoms with Crippen LogP contribution in [0.15, 0.2) is 103 Å². The third kappa shape index (κ3) is 5.09. The zero-order valence-corrected chi connectivity index (χ0v) is 14.5. The van der Waals surface area contributed by atoms with E-state index in [-0.39, 0.29) is 0 Å². The molecule has 0 saturated carbocycles. The lowest BCUT2D eigenvalue weighted by atomic mass is 9.88. The minimum Gasteiger partial charge on any atom is -0.379 e. The van der Waals surface area contributed by atoms with Crippen LogP contribution in [0.1, 0.15) is 18.4 Å². The quantitative estimate of drug-likeness (QED) is 0.610. The molecule has 0 heterocycles. The van der Waals surface area contributed by atoms with Crippen molar-refractivity contribution in [2.75, 3.05) is 5.32 Å². The van der Waals surface area contributed by atoms with Gasteiger partial charge in [0.25, 0.3) is 0 Å². The van der Waals surface area contributed by atoms with Crippen LogP contribution in [-0.4, -0.2) is 6.04 Å². The van der Waals surface area contributed by atoms with Crippen molar-refractivity contribution < 1.29 is 0 Å². The average molecular weight is 327 g/mol. The van der Waals surface area contributed by atoms with Gasteiger partial charge in [-0.25, -0.2) is 0 Å². The molecule has 1 heteroatoms. The first-order valence-electron chi connectivity index (χ1n) is 8.89. The molecular weight excluding hydrogens is 302 g/mol. The summed E-state index contributed by atoms with van der Waals surface area (Å²) in [6, 6.07) is 8.90. The first-order chi connectivity index (χ1) is 12.3. The largest absolute Gasteiger partial charge is 0.379 e. The highest BCUT2D eigenvalue weighted by molar-refractivity contribution is 5.56. The predicted molar refractivity (Wildman–Crippen MR) is 110 cm³/mol. The molecule has 2 aliphatic carbocycles. The summed E-state index contributed by atoms with van der Waals surface area (Å²) in [6.45, 7) is 3.66. The van der Waals surface area contributed by atoms with E-state index in [0.29, 0.717) is 12.0 Å². The van der Waals surface area contributed by atoms with E-state index in [1.807, 2.05) is 18.2 Å². The standard InChI is InChI=1S/C24H25N/c1-2-3-4-6-9-20-12-16-23(17-13-20)25-24-18-14-22(15-19-24)21-10-7-5-8-11-21/h2-10,12-18,21,24-25H,1,11,19H2. The van der Waals surface area contributed by atoms with Gasteiger partial charge in [0.2, 0.25) is 0 Å². The van der Waals surface area contributed by atoms with Gasteiger partial charge in [0, 0.05) is 17.6 Å². The number of hydrogen-bond acceptors (Lipinski definition) is 1. The smallest absolute Gasteiger partial charge is 0.0482 e. The third-order valence-corrected chi connectivity index (χ3v) is 4.45. The van der Waals surface area contributed by atoms with Crippen LogP contribution >= 0.6 is 0 Å². The summed E-state index contributed by atoms with van der Waals surface area (Å²) in [5.74, 6) is 0.545. The van der Waals surface area contributed by atoms with Gasteiger partial charge in [-0.2, -0.15) is 0 Å². The molecule has 2 aliphatic rings. The molecule has 0 aromatic heterocycles. The van der Waals surface area contributed by atoms with Crippen LogP contribution in [-0.2, 0) is 0 Å². The summed E-state index contributed by atoms with van der Waals surface area (Å²) in [5.41, 5.74) is 3.79. The second-order valence-electron chi connectivity index (χ2n) is 6.31. The fraction of sp³-hybridized carbons (Fsp3) is 0.167. The Balaban J connectivity index is 1.53. The molecule has 1 N–H and O–H groups in total. The molecule has 0 amide bonds. The van der Waals surface area contributed by atoms with Crippen molar-refractivity contribution in [2.45, 2.75) is 18.9 Å². The van der Waals surface area contributed by atoms with Crippen molar-refractivity contribution in [3.8, 4) is 0 Å². The van der Waals surface area contributed by atoms with Crippen LogP contribution in [0.3, 0.4) is 0 Å². The van der Waals surface area contributed by atoms with E-state index in [2.05, 4.69) is 84.8 Å². The second kappa shape index (κ2) is 8.89. The predicted octanol–water partition coefficient (Wildman–Crippen LogP) is 6.24. The summed E-state index contributed by atoms with van der Waals surface area (Å²) >= 11 is 0. The van der Waals surface area contributed by atoms with Gasteiger partial charge >= 0.3 is 0 Å². The highest BCUT2D eigenvalue weighted by Crippen LogP contribution is 2.26. The Hall–Kier alpha value is -2.80. The van der Waals surface area contributed by atoms with E-state index in [1.54, 1.807) is 6.08 Å². The lowest BCUT2D eigenvalue weighted by Crippen LogP contribution is -2.19. The monoisotopic (exact) mass is 327 g/mol. The van der Waals surface area contributed by atoms with E-state index in [0.717, 1.165) is 18.5 Å². The van der Waals surface area contributed by atoms with E-state index in [4.69, 9.17) is 0 Å². The van der Waals surface area contributed by atoms with Crippen molar-refractivity contribution >= 4 is 11.8 Å². The fourth-order valence-electron chi connectivity index (χ4n) is 3.06. The van der Waals surface area contributed by atoms with Crippen LogP contribution in [0.5, 0.6) is 0 Å². The molecule has 0 bridgehead atoms. The SMILES string of the molecule is C=CC=CC=Cc1ccc(NC2C=CC(C3C=CC=CC3)=CC2)cc1. The van der Waals surface area contributed by atoms with Crippen molar-refractivity contribution in [1.29, 1.82) is 0 Å². The van der Waals surface area contributed by atoms with Crippen molar-refractivity contribution in [1.82, 2.24) is 0 Å². The number of allylic oxidation sites excluding steroid dienone is 10. The van der Waals surface area contributed by atoms with Gasteiger partial charge in [-0.15, -0.1) is 0 Å². The number of benzene rings is 1. The fourth-order valence-corrected chi connectivity index (χ4v) is 3.06. The Morgan fingerprint density at radius 3 is 2.52 bits per heavy atom. The molecule has 126 valence electrons. The van der Waals surface area contributed by atoms with Gasteiger partial charge in [0.15, 0.2) is 0 Å². The molecule has 0 saturated heterocycles. The van der Waals surface area contributed by atoms with Gasteiger partial charge in [-0.1, -0.05) is 91.6 Å². The minimum absolute atomic E-state index is 0.365. The molecular formula is C24H25N. The van der Waals surface area contributed by atoms with Gasteiger partial charge in [0.05, 0.1) is 0 Å². The molecule has 3 rings (SSSR count). The summed E-state index contributed by atoms with van der Waals surface area (Å²) in [6.07, 6.45) is 27.7. The van der Waals surface area contributed by atoms with Crippen LogP contribution in [0, 0.1) is 5.92 Å².